The van der Waals surface area contributed by atoms with E-state index >= 15 is 0 Å². The van der Waals surface area contributed by atoms with E-state index in [-0.39, 0.29) is 0 Å². The fraction of sp³-hybridized carbons (Fsp3) is 1.00. The lowest BCUT2D eigenvalue weighted by Crippen LogP contribution is -2.51. The number of hydrogen-bond acceptors (Lipinski definition) is 1. The van der Waals surface area contributed by atoms with Gasteiger partial charge in [0.05, 0.1) is 0 Å². The standard InChI is InChI=1S/C13H25N/c1-12(2,3)11-8-9-7-10(9)14(11)13(4,5)6/h9-11H,7-8H2,1-6H3/t9-,10?,11?/m1/s1. The average molecular weight is 195 g/mol. The molecule has 0 aromatic rings. The molecule has 0 aromatic heterocycles. The minimum Gasteiger partial charge on any atom is -0.292 e. The van der Waals surface area contributed by atoms with Gasteiger partial charge in [-0.1, -0.05) is 20.8 Å². The Labute approximate surface area is 88.9 Å². The first-order chi connectivity index (χ1) is 6.21. The Bertz CT molecular complexity index is 231. The van der Waals surface area contributed by atoms with Crippen LogP contribution in [0.4, 0.5) is 0 Å². The second-order valence-corrected chi connectivity index (χ2v) is 7.26. The predicted octanol–water partition coefficient (Wildman–Crippen LogP) is 3.29. The van der Waals surface area contributed by atoms with Crippen molar-refractivity contribution in [3.63, 3.8) is 0 Å². The van der Waals surface area contributed by atoms with Gasteiger partial charge in [-0.2, -0.15) is 0 Å². The van der Waals surface area contributed by atoms with Crippen molar-refractivity contribution in [3.8, 4) is 0 Å². The maximum atomic E-state index is 2.79. The van der Waals surface area contributed by atoms with Gasteiger partial charge < -0.3 is 0 Å². The second-order valence-electron chi connectivity index (χ2n) is 7.26. The number of fused-ring (bicyclic) bond motifs is 1. The molecule has 0 aromatic carbocycles. The molecule has 2 unspecified atom stereocenters. The van der Waals surface area contributed by atoms with E-state index in [1.54, 1.807) is 0 Å². The molecular weight excluding hydrogens is 170 g/mol. The summed E-state index contributed by atoms with van der Waals surface area (Å²) in [4.78, 5) is 2.79. The van der Waals surface area contributed by atoms with Crippen molar-refractivity contribution in [2.75, 3.05) is 0 Å². The zero-order valence-electron chi connectivity index (χ0n) is 10.6. The highest BCUT2D eigenvalue weighted by Gasteiger charge is 2.57. The van der Waals surface area contributed by atoms with Crippen LogP contribution in [-0.2, 0) is 0 Å². The monoisotopic (exact) mass is 195 g/mol. The molecule has 3 atom stereocenters. The van der Waals surface area contributed by atoms with Gasteiger partial charge in [0, 0.05) is 17.6 Å². The van der Waals surface area contributed by atoms with Crippen molar-refractivity contribution in [3.05, 3.63) is 0 Å². The smallest absolute Gasteiger partial charge is 0.0155 e. The van der Waals surface area contributed by atoms with Gasteiger partial charge in [-0.3, -0.25) is 4.90 Å². The van der Waals surface area contributed by atoms with Crippen LogP contribution in [0.3, 0.4) is 0 Å². The molecule has 1 aliphatic carbocycles. The number of piperidine rings is 1. The lowest BCUT2D eigenvalue weighted by atomic mass is 9.82. The highest BCUT2D eigenvalue weighted by molar-refractivity contribution is 5.11. The van der Waals surface area contributed by atoms with E-state index < -0.39 is 0 Å². The topological polar surface area (TPSA) is 3.24 Å². The molecule has 2 aliphatic rings. The highest BCUT2D eigenvalue weighted by atomic mass is 15.3. The van der Waals surface area contributed by atoms with Gasteiger partial charge in [0.1, 0.15) is 0 Å². The highest BCUT2D eigenvalue weighted by Crippen LogP contribution is 2.54. The van der Waals surface area contributed by atoms with E-state index in [9.17, 15) is 0 Å². The van der Waals surface area contributed by atoms with Crippen LogP contribution in [0.2, 0.25) is 0 Å². The number of likely N-dealkylation sites (tertiary alicyclic amines) is 1. The van der Waals surface area contributed by atoms with Crippen LogP contribution >= 0.6 is 0 Å². The zero-order valence-corrected chi connectivity index (χ0v) is 10.6. The van der Waals surface area contributed by atoms with Gasteiger partial charge in [0.15, 0.2) is 0 Å². The van der Waals surface area contributed by atoms with Crippen LogP contribution in [0.25, 0.3) is 0 Å². The Morgan fingerprint density at radius 1 is 0.929 bits per heavy atom. The summed E-state index contributed by atoms with van der Waals surface area (Å²) in [5.41, 5.74) is 0.800. The van der Waals surface area contributed by atoms with Gasteiger partial charge >= 0.3 is 0 Å². The summed E-state index contributed by atoms with van der Waals surface area (Å²) in [6, 6.07) is 1.71. The van der Waals surface area contributed by atoms with Crippen LogP contribution < -0.4 is 0 Å². The molecule has 0 amide bonds. The molecule has 2 rings (SSSR count). The molecule has 0 N–H and O–H groups in total. The molecule has 0 radical (unpaired) electrons. The lowest BCUT2D eigenvalue weighted by molar-refractivity contribution is 0.0363. The Kier molecular flexibility index (Phi) is 2.06. The van der Waals surface area contributed by atoms with Gasteiger partial charge in [0.2, 0.25) is 0 Å². The Hall–Kier alpha value is -0.0400. The molecule has 0 bridgehead atoms. The van der Waals surface area contributed by atoms with Crippen LogP contribution in [0.1, 0.15) is 54.4 Å². The first-order valence-corrected chi connectivity index (χ1v) is 6.00. The summed E-state index contributed by atoms with van der Waals surface area (Å²) in [6.45, 7) is 14.3. The fourth-order valence-corrected chi connectivity index (χ4v) is 3.19. The van der Waals surface area contributed by atoms with E-state index in [2.05, 4.69) is 46.4 Å². The number of nitrogens with zero attached hydrogens (tertiary/aromatic N) is 1. The fourth-order valence-electron chi connectivity index (χ4n) is 3.19. The summed E-state index contributed by atoms with van der Waals surface area (Å²) in [5.74, 6) is 1.03. The minimum atomic E-state index is 0.355. The molecule has 14 heavy (non-hydrogen) atoms. The van der Waals surface area contributed by atoms with Crippen LogP contribution in [0.5, 0.6) is 0 Å². The van der Waals surface area contributed by atoms with Gasteiger partial charge in [0.25, 0.3) is 0 Å². The molecule has 1 saturated carbocycles. The second kappa shape index (κ2) is 2.75. The molecule has 1 saturated heterocycles. The largest absolute Gasteiger partial charge is 0.292 e. The Morgan fingerprint density at radius 2 is 1.50 bits per heavy atom. The molecule has 2 fully saturated rings. The van der Waals surface area contributed by atoms with Crippen molar-refractivity contribution >= 4 is 0 Å². The minimum absolute atomic E-state index is 0.355. The molecule has 1 aliphatic heterocycles. The summed E-state index contributed by atoms with van der Waals surface area (Å²) < 4.78 is 0. The summed E-state index contributed by atoms with van der Waals surface area (Å²) in [6.07, 6.45) is 2.90. The summed E-state index contributed by atoms with van der Waals surface area (Å²) in [5, 5.41) is 0. The van der Waals surface area contributed by atoms with E-state index in [4.69, 9.17) is 0 Å². The van der Waals surface area contributed by atoms with E-state index in [1.807, 2.05) is 0 Å². The molecule has 1 heteroatoms. The van der Waals surface area contributed by atoms with Gasteiger partial charge in [-0.05, 0) is 44.9 Å². The van der Waals surface area contributed by atoms with E-state index in [0.717, 1.165) is 18.0 Å². The molecular formula is C13H25N. The van der Waals surface area contributed by atoms with Crippen molar-refractivity contribution in [1.82, 2.24) is 4.90 Å². The van der Waals surface area contributed by atoms with E-state index in [0.29, 0.717) is 11.0 Å². The Morgan fingerprint density at radius 3 is 1.86 bits per heavy atom. The van der Waals surface area contributed by atoms with Crippen molar-refractivity contribution < 1.29 is 0 Å². The van der Waals surface area contributed by atoms with Crippen LogP contribution in [-0.4, -0.2) is 22.5 Å². The summed E-state index contributed by atoms with van der Waals surface area (Å²) in [7, 11) is 0. The van der Waals surface area contributed by atoms with Crippen molar-refractivity contribution in [1.29, 1.82) is 0 Å². The SMILES string of the molecule is CC(C)(C)C1C[C@H]2CC2N1C(C)(C)C. The van der Waals surface area contributed by atoms with Crippen molar-refractivity contribution in [2.24, 2.45) is 11.3 Å². The molecule has 82 valence electrons. The maximum absolute atomic E-state index is 2.79. The molecule has 0 spiro atoms. The van der Waals surface area contributed by atoms with Gasteiger partial charge in [-0.25, -0.2) is 0 Å². The van der Waals surface area contributed by atoms with Crippen LogP contribution in [0.15, 0.2) is 0 Å². The predicted molar refractivity (Wildman–Crippen MR) is 61.3 cm³/mol. The third kappa shape index (κ3) is 1.60. The normalized spacial score (nSPS) is 38.6. The number of rotatable bonds is 0. The zero-order chi connectivity index (χ0) is 10.7. The average Bonchev–Trinajstić information content (AvgIpc) is 2.56. The third-order valence-corrected chi connectivity index (χ3v) is 3.88. The third-order valence-electron chi connectivity index (χ3n) is 3.88. The van der Waals surface area contributed by atoms with Crippen LogP contribution in [0, 0.1) is 11.3 Å². The Balaban J connectivity index is 2.20. The first kappa shape index (κ1) is 10.5. The summed E-state index contributed by atoms with van der Waals surface area (Å²) >= 11 is 0. The lowest BCUT2D eigenvalue weighted by Gasteiger charge is -2.45. The van der Waals surface area contributed by atoms with E-state index in [1.165, 1.54) is 12.8 Å². The van der Waals surface area contributed by atoms with Crippen molar-refractivity contribution in [2.45, 2.75) is 72.0 Å². The van der Waals surface area contributed by atoms with Gasteiger partial charge in [-0.15, -0.1) is 0 Å². The number of hydrogen-bond donors (Lipinski definition) is 0. The maximum Gasteiger partial charge on any atom is 0.0155 e. The quantitative estimate of drug-likeness (QED) is 0.573. The molecule has 1 nitrogen and oxygen atoms in total. The first-order valence-electron chi connectivity index (χ1n) is 6.00. The molecule has 1 heterocycles.